The highest BCUT2D eigenvalue weighted by atomic mass is 19.4. The molecule has 1 fully saturated rings. The van der Waals surface area contributed by atoms with Crippen LogP contribution in [0.2, 0.25) is 0 Å². The summed E-state index contributed by atoms with van der Waals surface area (Å²) in [6, 6.07) is 4.97. The maximum absolute atomic E-state index is 12.7. The largest absolute Gasteiger partial charge is 0.471 e. The Hall–Kier alpha value is -2.91. The van der Waals surface area contributed by atoms with E-state index >= 15 is 0 Å². The fraction of sp³-hybridized carbons (Fsp3) is 0.412. The highest BCUT2D eigenvalue weighted by molar-refractivity contribution is 5.81. The van der Waals surface area contributed by atoms with Crippen molar-refractivity contribution in [1.82, 2.24) is 18.9 Å². The number of alkyl halides is 3. The molecule has 0 unspecified atom stereocenters. The summed E-state index contributed by atoms with van der Waals surface area (Å²) in [5.41, 5.74) is 0.182. The van der Waals surface area contributed by atoms with Crippen molar-refractivity contribution in [3.63, 3.8) is 0 Å². The lowest BCUT2D eigenvalue weighted by atomic mass is 9.96. The van der Waals surface area contributed by atoms with Gasteiger partial charge in [-0.25, -0.2) is 4.98 Å². The smallest absolute Gasteiger partial charge is 0.335 e. The van der Waals surface area contributed by atoms with Crippen LogP contribution in [-0.2, 0) is 11.3 Å². The molecular formula is C17H15F3N4O3. The van der Waals surface area contributed by atoms with Gasteiger partial charge in [0.15, 0.2) is 0 Å². The molecule has 0 saturated carbocycles. The van der Waals surface area contributed by atoms with Crippen LogP contribution >= 0.6 is 0 Å². The van der Waals surface area contributed by atoms with Gasteiger partial charge in [0.05, 0.1) is 6.20 Å². The number of pyridine rings is 1. The van der Waals surface area contributed by atoms with Crippen molar-refractivity contribution >= 4 is 22.6 Å². The lowest BCUT2D eigenvalue weighted by molar-refractivity contribution is -0.186. The lowest BCUT2D eigenvalue weighted by Gasteiger charge is -2.32. The number of carbonyl (C=O) groups is 1. The molecule has 0 spiro atoms. The van der Waals surface area contributed by atoms with Gasteiger partial charge in [-0.15, -0.1) is 0 Å². The van der Waals surface area contributed by atoms with Gasteiger partial charge in [0.1, 0.15) is 16.7 Å². The Balaban J connectivity index is 1.60. The molecule has 3 aromatic heterocycles. The highest BCUT2D eigenvalue weighted by Crippen LogP contribution is 2.24. The third-order valence-corrected chi connectivity index (χ3v) is 5.04. The number of halogens is 3. The molecule has 27 heavy (non-hydrogen) atoms. The average molecular weight is 380 g/mol. The number of aromatic nitrogens is 3. The normalized spacial score (nSPS) is 16.5. The second-order valence-electron chi connectivity index (χ2n) is 6.70. The van der Waals surface area contributed by atoms with Crippen molar-refractivity contribution in [2.24, 2.45) is 5.92 Å². The fourth-order valence-electron chi connectivity index (χ4n) is 3.65. The zero-order valence-corrected chi connectivity index (χ0v) is 14.1. The predicted octanol–water partition coefficient (Wildman–Crippen LogP) is 1.25. The van der Waals surface area contributed by atoms with Crippen molar-refractivity contribution in [3.05, 3.63) is 45.1 Å². The van der Waals surface area contributed by atoms with E-state index in [1.54, 1.807) is 18.2 Å². The van der Waals surface area contributed by atoms with E-state index < -0.39 is 23.2 Å². The number of nitrogens with zero attached hydrogens (tertiary/aromatic N) is 4. The molecule has 7 nitrogen and oxygen atoms in total. The summed E-state index contributed by atoms with van der Waals surface area (Å²) < 4.78 is 40.2. The molecule has 0 radical (unpaired) electrons. The zero-order valence-electron chi connectivity index (χ0n) is 14.1. The summed E-state index contributed by atoms with van der Waals surface area (Å²) in [4.78, 5) is 41.6. The van der Waals surface area contributed by atoms with E-state index in [2.05, 4.69) is 4.98 Å². The van der Waals surface area contributed by atoms with Gasteiger partial charge in [-0.05, 0) is 30.9 Å². The quantitative estimate of drug-likeness (QED) is 0.671. The van der Waals surface area contributed by atoms with E-state index in [4.69, 9.17) is 0 Å². The van der Waals surface area contributed by atoms with Gasteiger partial charge in [-0.3, -0.25) is 23.4 Å². The first-order valence-electron chi connectivity index (χ1n) is 8.46. The van der Waals surface area contributed by atoms with Crippen molar-refractivity contribution in [2.45, 2.75) is 25.6 Å². The van der Waals surface area contributed by atoms with Gasteiger partial charge < -0.3 is 4.90 Å². The summed E-state index contributed by atoms with van der Waals surface area (Å²) in [6.45, 7) is 0.00672. The Morgan fingerprint density at radius 1 is 1.11 bits per heavy atom. The second-order valence-corrected chi connectivity index (χ2v) is 6.70. The third kappa shape index (κ3) is 2.84. The zero-order chi connectivity index (χ0) is 19.3. The summed E-state index contributed by atoms with van der Waals surface area (Å²) in [6.07, 6.45) is -2.89. The number of amides is 1. The number of rotatable bonds is 2. The third-order valence-electron chi connectivity index (χ3n) is 5.04. The van der Waals surface area contributed by atoms with Gasteiger partial charge in [-0.1, -0.05) is 6.07 Å². The van der Waals surface area contributed by atoms with Crippen LogP contribution in [0, 0.1) is 5.92 Å². The van der Waals surface area contributed by atoms with E-state index in [0.29, 0.717) is 24.0 Å². The topological polar surface area (TPSA) is 76.7 Å². The molecule has 4 rings (SSSR count). The number of carbonyl (C=O) groups excluding carboxylic acids is 1. The van der Waals surface area contributed by atoms with Gasteiger partial charge in [0, 0.05) is 19.6 Å². The number of imidazole rings is 1. The summed E-state index contributed by atoms with van der Waals surface area (Å²) in [7, 11) is 0. The van der Waals surface area contributed by atoms with Crippen molar-refractivity contribution in [3.8, 4) is 0 Å². The van der Waals surface area contributed by atoms with Crippen LogP contribution in [0.15, 0.2) is 34.0 Å². The van der Waals surface area contributed by atoms with Crippen LogP contribution in [0.25, 0.3) is 16.7 Å². The van der Waals surface area contributed by atoms with E-state index in [-0.39, 0.29) is 31.1 Å². The molecule has 142 valence electrons. The fourth-order valence-corrected chi connectivity index (χ4v) is 3.65. The van der Waals surface area contributed by atoms with Crippen molar-refractivity contribution in [1.29, 1.82) is 0 Å². The van der Waals surface area contributed by atoms with Crippen LogP contribution in [0.4, 0.5) is 13.2 Å². The molecule has 1 saturated heterocycles. The van der Waals surface area contributed by atoms with Crippen LogP contribution < -0.4 is 11.1 Å². The Labute approximate surface area is 150 Å². The molecule has 0 N–H and O–H groups in total. The van der Waals surface area contributed by atoms with Crippen LogP contribution in [-0.4, -0.2) is 44.0 Å². The van der Waals surface area contributed by atoms with Crippen LogP contribution in [0.3, 0.4) is 0 Å². The van der Waals surface area contributed by atoms with E-state index in [0.717, 1.165) is 9.47 Å². The number of hydrogen-bond acceptors (Lipinski definition) is 4. The van der Waals surface area contributed by atoms with E-state index in [9.17, 15) is 27.6 Å². The number of piperidine rings is 1. The standard InChI is InChI=1S/C17H15F3N4O3/c18-17(19,20)16(27)22-6-4-10(5-7-22)9-23-14(25)11-2-1-3-13-21-8-12(15(23)26)24(11)13/h1-3,8,10H,4-7,9H2. The van der Waals surface area contributed by atoms with Crippen molar-refractivity contribution in [2.75, 3.05) is 13.1 Å². The Bertz CT molecular complexity index is 1130. The molecule has 0 atom stereocenters. The second kappa shape index (κ2) is 6.07. The van der Waals surface area contributed by atoms with Crippen LogP contribution in [0.5, 0.6) is 0 Å². The van der Waals surface area contributed by atoms with Gasteiger partial charge in [0.2, 0.25) is 0 Å². The minimum atomic E-state index is -4.89. The molecule has 0 aliphatic carbocycles. The minimum absolute atomic E-state index is 0.0489. The highest BCUT2D eigenvalue weighted by Gasteiger charge is 2.43. The van der Waals surface area contributed by atoms with Crippen molar-refractivity contribution < 1.29 is 18.0 Å². The number of likely N-dealkylation sites (tertiary alicyclic amines) is 1. The molecule has 1 aliphatic heterocycles. The SMILES string of the molecule is O=C(N1CCC(Cn2c(=O)c3cccc4ncc(c2=O)n43)CC1)C(F)(F)F. The maximum atomic E-state index is 12.7. The first kappa shape index (κ1) is 17.5. The molecule has 0 aromatic carbocycles. The molecule has 4 heterocycles. The Morgan fingerprint density at radius 2 is 1.78 bits per heavy atom. The summed E-state index contributed by atoms with van der Waals surface area (Å²) in [5, 5.41) is 0. The maximum Gasteiger partial charge on any atom is 0.471 e. The van der Waals surface area contributed by atoms with E-state index in [1.807, 2.05) is 0 Å². The summed E-state index contributed by atoms with van der Waals surface area (Å²) in [5.74, 6) is -2.01. The van der Waals surface area contributed by atoms with Gasteiger partial charge in [0.25, 0.3) is 11.1 Å². The van der Waals surface area contributed by atoms with Crippen LogP contribution in [0.1, 0.15) is 12.8 Å². The average Bonchev–Trinajstić information content (AvgIpc) is 3.07. The monoisotopic (exact) mass is 380 g/mol. The Morgan fingerprint density at radius 3 is 2.44 bits per heavy atom. The predicted molar refractivity (Wildman–Crippen MR) is 89.8 cm³/mol. The first-order chi connectivity index (χ1) is 12.8. The molecule has 1 amide bonds. The first-order valence-corrected chi connectivity index (χ1v) is 8.46. The molecule has 10 heteroatoms. The Kier molecular flexibility index (Phi) is 3.93. The molecule has 1 aliphatic rings. The molecular weight excluding hydrogens is 365 g/mol. The molecule has 3 aromatic rings. The summed E-state index contributed by atoms with van der Waals surface area (Å²) >= 11 is 0. The molecule has 0 bridgehead atoms. The minimum Gasteiger partial charge on any atom is -0.335 e. The van der Waals surface area contributed by atoms with Gasteiger partial charge in [-0.2, -0.15) is 13.2 Å². The number of hydrogen-bond donors (Lipinski definition) is 0. The van der Waals surface area contributed by atoms with Gasteiger partial charge >= 0.3 is 12.1 Å². The lowest BCUT2D eigenvalue weighted by Crippen LogP contribution is -2.46. The van der Waals surface area contributed by atoms with E-state index in [1.165, 1.54) is 10.6 Å².